The van der Waals surface area contributed by atoms with Gasteiger partial charge in [0.2, 0.25) is 5.91 Å². The molecule has 1 unspecified atom stereocenters. The lowest BCUT2D eigenvalue weighted by atomic mass is 9.86. The van der Waals surface area contributed by atoms with Gasteiger partial charge in [0.25, 0.3) is 0 Å². The van der Waals surface area contributed by atoms with Crippen molar-refractivity contribution in [1.29, 1.82) is 0 Å². The zero-order chi connectivity index (χ0) is 14.9. The normalized spacial score (nSPS) is 15.4. The van der Waals surface area contributed by atoms with Crippen molar-refractivity contribution in [2.45, 2.75) is 38.6 Å². The molecule has 2 N–H and O–H groups in total. The van der Waals surface area contributed by atoms with E-state index in [-0.39, 0.29) is 30.3 Å². The number of carbonyl (C=O) groups is 1. The highest BCUT2D eigenvalue weighted by molar-refractivity contribution is 5.99. The minimum Gasteiger partial charge on any atom is -0.383 e. The number of anilines is 1. The molecule has 1 heterocycles. The van der Waals surface area contributed by atoms with E-state index in [2.05, 4.69) is 32.9 Å². The van der Waals surface area contributed by atoms with Crippen LogP contribution in [0.4, 0.5) is 5.69 Å². The van der Waals surface area contributed by atoms with E-state index in [0.29, 0.717) is 6.54 Å². The Morgan fingerprint density at radius 1 is 1.43 bits per heavy atom. The molecule has 0 saturated carbocycles. The number of benzene rings is 1. The summed E-state index contributed by atoms with van der Waals surface area (Å²) in [4.78, 5) is 14.1. The Morgan fingerprint density at radius 2 is 2.10 bits per heavy atom. The van der Waals surface area contributed by atoms with Crippen LogP contribution in [0.5, 0.6) is 0 Å². The van der Waals surface area contributed by atoms with Gasteiger partial charge in [-0.25, -0.2) is 0 Å². The summed E-state index contributed by atoms with van der Waals surface area (Å²) in [5.74, 6) is -0.0610. The lowest BCUT2D eigenvalue weighted by molar-refractivity contribution is -0.120. The summed E-state index contributed by atoms with van der Waals surface area (Å²) in [7, 11) is 1.56. The third-order valence-corrected chi connectivity index (χ3v) is 3.77. The third kappa shape index (κ3) is 3.76. The van der Waals surface area contributed by atoms with Crippen molar-refractivity contribution < 1.29 is 9.53 Å². The first-order chi connectivity index (χ1) is 9.34. The molecule has 0 aliphatic carbocycles. The van der Waals surface area contributed by atoms with Gasteiger partial charge >= 0.3 is 0 Å². The maximum atomic E-state index is 12.3. The molecule has 1 amide bonds. The van der Waals surface area contributed by atoms with Gasteiger partial charge in [0, 0.05) is 19.3 Å². The van der Waals surface area contributed by atoms with Crippen molar-refractivity contribution in [1.82, 2.24) is 0 Å². The summed E-state index contributed by atoms with van der Waals surface area (Å²) >= 11 is 0. The van der Waals surface area contributed by atoms with Crippen molar-refractivity contribution in [3.05, 3.63) is 29.3 Å². The number of amides is 1. The molecule has 1 aliphatic rings. The van der Waals surface area contributed by atoms with Gasteiger partial charge in [-0.2, -0.15) is 0 Å². The molecule has 0 radical (unpaired) electrons. The van der Waals surface area contributed by atoms with Crippen LogP contribution in [0.1, 0.15) is 31.9 Å². The summed E-state index contributed by atoms with van der Waals surface area (Å²) in [6.45, 7) is 7.55. The molecule has 118 valence electrons. The average molecular weight is 313 g/mol. The zero-order valence-corrected chi connectivity index (χ0v) is 14.0. The SMILES string of the molecule is COCC(N)C(=O)N1CCc2cc(C(C)(C)C)ccc21.Cl. The molecule has 1 aliphatic heterocycles. The fraction of sp³-hybridized carbons (Fsp3) is 0.562. The highest BCUT2D eigenvalue weighted by Gasteiger charge is 2.29. The minimum absolute atomic E-state index is 0. The summed E-state index contributed by atoms with van der Waals surface area (Å²) in [5, 5.41) is 0. The number of ether oxygens (including phenoxy) is 1. The van der Waals surface area contributed by atoms with Crippen molar-refractivity contribution in [3.63, 3.8) is 0 Å². The largest absolute Gasteiger partial charge is 0.383 e. The van der Waals surface area contributed by atoms with E-state index >= 15 is 0 Å². The highest BCUT2D eigenvalue weighted by atomic mass is 35.5. The van der Waals surface area contributed by atoms with Gasteiger partial charge in [0.1, 0.15) is 6.04 Å². The fourth-order valence-electron chi connectivity index (χ4n) is 2.55. The number of nitrogens with two attached hydrogens (primary N) is 1. The topological polar surface area (TPSA) is 55.6 Å². The summed E-state index contributed by atoms with van der Waals surface area (Å²) in [6.07, 6.45) is 0.894. The first-order valence-corrected chi connectivity index (χ1v) is 7.04. The molecule has 0 fully saturated rings. The molecule has 21 heavy (non-hydrogen) atoms. The minimum atomic E-state index is -0.590. The molecule has 4 nitrogen and oxygen atoms in total. The molecule has 0 spiro atoms. The number of rotatable bonds is 3. The number of methoxy groups -OCH3 is 1. The second-order valence-electron chi connectivity index (χ2n) is 6.40. The molecule has 1 aromatic rings. The smallest absolute Gasteiger partial charge is 0.246 e. The molecule has 1 atom stereocenters. The maximum absolute atomic E-state index is 12.3. The lowest BCUT2D eigenvalue weighted by Gasteiger charge is -2.23. The van der Waals surface area contributed by atoms with E-state index in [1.165, 1.54) is 11.1 Å². The molecular formula is C16H25ClN2O2. The number of hydrogen-bond donors (Lipinski definition) is 1. The Morgan fingerprint density at radius 3 is 2.67 bits per heavy atom. The standard InChI is InChI=1S/C16H24N2O2.ClH/c1-16(2,3)12-5-6-14-11(9-12)7-8-18(14)15(19)13(17)10-20-4;/h5-6,9,13H,7-8,10,17H2,1-4H3;1H. The van der Waals surface area contributed by atoms with Crippen LogP contribution in [0.25, 0.3) is 0 Å². The second-order valence-corrected chi connectivity index (χ2v) is 6.40. The van der Waals surface area contributed by atoms with Gasteiger partial charge in [-0.15, -0.1) is 12.4 Å². The van der Waals surface area contributed by atoms with E-state index in [1.807, 2.05) is 6.07 Å². The van der Waals surface area contributed by atoms with Crippen LogP contribution in [0.3, 0.4) is 0 Å². The van der Waals surface area contributed by atoms with Crippen molar-refractivity contribution >= 4 is 24.0 Å². The Bertz CT molecular complexity index is 511. The zero-order valence-electron chi connectivity index (χ0n) is 13.2. The van der Waals surface area contributed by atoms with E-state index in [9.17, 15) is 4.79 Å². The van der Waals surface area contributed by atoms with Crippen LogP contribution in [-0.2, 0) is 21.4 Å². The van der Waals surface area contributed by atoms with Crippen molar-refractivity contribution in [3.8, 4) is 0 Å². The Labute approximate surface area is 133 Å². The summed E-state index contributed by atoms with van der Waals surface area (Å²) in [6, 6.07) is 5.77. The highest BCUT2D eigenvalue weighted by Crippen LogP contribution is 2.33. The van der Waals surface area contributed by atoms with Gasteiger partial charge in [0.05, 0.1) is 6.61 Å². The van der Waals surface area contributed by atoms with Gasteiger partial charge in [-0.05, 0) is 29.0 Å². The van der Waals surface area contributed by atoms with Crippen LogP contribution in [0, 0.1) is 0 Å². The lowest BCUT2D eigenvalue weighted by Crippen LogP contribution is -2.45. The van der Waals surface area contributed by atoms with Crippen LogP contribution < -0.4 is 10.6 Å². The van der Waals surface area contributed by atoms with Gasteiger partial charge < -0.3 is 15.4 Å². The molecule has 1 aromatic carbocycles. The number of fused-ring (bicyclic) bond motifs is 1. The van der Waals surface area contributed by atoms with Gasteiger partial charge in [-0.1, -0.05) is 32.9 Å². The predicted molar refractivity (Wildman–Crippen MR) is 88.3 cm³/mol. The molecule has 0 aromatic heterocycles. The van der Waals surface area contributed by atoms with E-state index in [1.54, 1.807) is 12.0 Å². The average Bonchev–Trinajstić information content (AvgIpc) is 2.79. The Hall–Kier alpha value is -1.10. The number of carbonyl (C=O) groups excluding carboxylic acids is 1. The van der Waals surface area contributed by atoms with Gasteiger partial charge in [-0.3, -0.25) is 4.79 Å². The third-order valence-electron chi connectivity index (χ3n) is 3.77. The first-order valence-electron chi connectivity index (χ1n) is 7.04. The van der Waals surface area contributed by atoms with Gasteiger partial charge in [0.15, 0.2) is 0 Å². The van der Waals surface area contributed by atoms with Crippen molar-refractivity contribution in [2.24, 2.45) is 5.73 Å². The quantitative estimate of drug-likeness (QED) is 0.931. The fourth-order valence-corrected chi connectivity index (χ4v) is 2.55. The van der Waals surface area contributed by atoms with Crippen molar-refractivity contribution in [2.75, 3.05) is 25.2 Å². The maximum Gasteiger partial charge on any atom is 0.246 e. The molecule has 0 bridgehead atoms. The number of halogens is 1. The summed E-state index contributed by atoms with van der Waals surface area (Å²) < 4.78 is 4.96. The van der Waals surface area contributed by atoms with Crippen LogP contribution in [-0.4, -0.2) is 32.2 Å². The predicted octanol–water partition coefficient (Wildman–Crippen LogP) is 2.27. The van der Waals surface area contributed by atoms with Crippen LogP contribution >= 0.6 is 12.4 Å². The van der Waals surface area contributed by atoms with E-state index in [0.717, 1.165) is 12.1 Å². The van der Waals surface area contributed by atoms with E-state index < -0.39 is 6.04 Å². The second kappa shape index (κ2) is 6.77. The molecule has 2 rings (SSSR count). The monoisotopic (exact) mass is 312 g/mol. The number of hydrogen-bond acceptors (Lipinski definition) is 3. The van der Waals surface area contributed by atoms with E-state index in [4.69, 9.17) is 10.5 Å². The Balaban J connectivity index is 0.00000220. The molecular weight excluding hydrogens is 288 g/mol. The number of nitrogens with zero attached hydrogens (tertiary/aromatic N) is 1. The molecule has 0 saturated heterocycles. The van der Waals surface area contributed by atoms with Crippen LogP contribution in [0.2, 0.25) is 0 Å². The first kappa shape index (κ1) is 18.0. The molecule has 5 heteroatoms. The van der Waals surface area contributed by atoms with Crippen LogP contribution in [0.15, 0.2) is 18.2 Å². The Kier molecular flexibility index (Phi) is 5.79. The summed E-state index contributed by atoms with van der Waals surface area (Å²) in [5.41, 5.74) is 9.50.